The largest absolute Gasteiger partial charge is 0.380 e. The lowest BCUT2D eigenvalue weighted by Crippen LogP contribution is -2.00. The van der Waals surface area contributed by atoms with Gasteiger partial charge in [-0.2, -0.15) is 0 Å². The van der Waals surface area contributed by atoms with Crippen LogP contribution in [-0.4, -0.2) is 4.98 Å². The van der Waals surface area contributed by atoms with Gasteiger partial charge in [0, 0.05) is 34.4 Å². The molecule has 3 aromatic carbocycles. The van der Waals surface area contributed by atoms with Gasteiger partial charge in [-0.15, -0.1) is 0 Å². The van der Waals surface area contributed by atoms with Gasteiger partial charge in [-0.25, -0.2) is 0 Å². The summed E-state index contributed by atoms with van der Waals surface area (Å²) in [5.74, 6) is 0. The molecule has 0 saturated heterocycles. The molecular formula is C21H18N2. The predicted molar refractivity (Wildman–Crippen MR) is 97.5 cm³/mol. The molecule has 0 saturated carbocycles. The molecule has 2 N–H and O–H groups in total. The Morgan fingerprint density at radius 3 is 2.35 bits per heavy atom. The average molecular weight is 298 g/mol. The summed E-state index contributed by atoms with van der Waals surface area (Å²) in [5.41, 5.74) is 5.92. The summed E-state index contributed by atoms with van der Waals surface area (Å²) in [6.07, 6.45) is 0. The molecule has 4 aromatic rings. The number of fused-ring (bicyclic) bond motifs is 1. The number of H-pyrrole nitrogens is 1. The topological polar surface area (TPSA) is 27.8 Å². The van der Waals surface area contributed by atoms with Gasteiger partial charge in [-0.3, -0.25) is 0 Å². The van der Waals surface area contributed by atoms with E-state index < -0.39 is 0 Å². The zero-order chi connectivity index (χ0) is 15.5. The molecule has 1 heterocycles. The highest BCUT2D eigenvalue weighted by Gasteiger charge is 2.07. The Bertz CT molecular complexity index is 890. The van der Waals surface area contributed by atoms with E-state index in [2.05, 4.69) is 89.2 Å². The van der Waals surface area contributed by atoms with Gasteiger partial charge in [-0.1, -0.05) is 66.7 Å². The van der Waals surface area contributed by atoms with Crippen molar-refractivity contribution in [3.8, 4) is 11.3 Å². The Kier molecular flexibility index (Phi) is 3.57. The first-order chi connectivity index (χ1) is 11.4. The molecule has 0 atom stereocenters. The zero-order valence-corrected chi connectivity index (χ0v) is 12.8. The molecule has 1 aromatic heterocycles. The molecular weight excluding hydrogens is 280 g/mol. The van der Waals surface area contributed by atoms with E-state index in [-0.39, 0.29) is 0 Å². The number of hydrogen-bond donors (Lipinski definition) is 2. The number of nitrogens with one attached hydrogen (secondary N) is 2. The first-order valence-electron chi connectivity index (χ1n) is 7.85. The van der Waals surface area contributed by atoms with Gasteiger partial charge in [0.1, 0.15) is 0 Å². The second-order valence-electron chi connectivity index (χ2n) is 5.65. The lowest BCUT2D eigenvalue weighted by Gasteiger charge is -2.11. The van der Waals surface area contributed by atoms with Crippen LogP contribution in [0.3, 0.4) is 0 Å². The third kappa shape index (κ3) is 2.84. The Labute approximate surface area is 135 Å². The quantitative estimate of drug-likeness (QED) is 0.515. The fraction of sp³-hybridized carbons (Fsp3) is 0.0476. The second-order valence-corrected chi connectivity index (χ2v) is 5.65. The molecule has 4 rings (SSSR count). The van der Waals surface area contributed by atoms with Gasteiger partial charge >= 0.3 is 0 Å². The number of benzene rings is 3. The summed E-state index contributed by atoms with van der Waals surface area (Å²) in [6.45, 7) is 0.818. The SMILES string of the molecule is c1ccc(CNc2ccccc2-c2cc3ccccc3[nH]2)cc1. The number of aromatic nitrogens is 1. The van der Waals surface area contributed by atoms with Gasteiger partial charge in [-0.05, 0) is 23.8 Å². The fourth-order valence-corrected chi connectivity index (χ4v) is 2.88. The average Bonchev–Trinajstić information content (AvgIpc) is 3.05. The molecule has 0 aliphatic rings. The summed E-state index contributed by atoms with van der Waals surface area (Å²) < 4.78 is 0. The standard InChI is InChI=1S/C21H18N2/c1-2-8-16(9-3-1)15-22-20-13-7-5-11-18(20)21-14-17-10-4-6-12-19(17)23-21/h1-14,22-23H,15H2. The monoisotopic (exact) mass is 298 g/mol. The van der Waals surface area contributed by atoms with Crippen molar-refractivity contribution < 1.29 is 0 Å². The molecule has 0 unspecified atom stereocenters. The molecule has 23 heavy (non-hydrogen) atoms. The molecule has 0 fully saturated rings. The van der Waals surface area contributed by atoms with Crippen molar-refractivity contribution in [2.75, 3.05) is 5.32 Å². The minimum atomic E-state index is 0.818. The van der Waals surface area contributed by atoms with E-state index in [9.17, 15) is 0 Å². The van der Waals surface area contributed by atoms with Crippen LogP contribution in [0.2, 0.25) is 0 Å². The molecule has 112 valence electrons. The third-order valence-electron chi connectivity index (χ3n) is 4.07. The van der Waals surface area contributed by atoms with E-state index in [4.69, 9.17) is 0 Å². The van der Waals surface area contributed by atoms with Crippen molar-refractivity contribution in [2.24, 2.45) is 0 Å². The lowest BCUT2D eigenvalue weighted by molar-refractivity contribution is 1.15. The Hall–Kier alpha value is -3.00. The number of para-hydroxylation sites is 2. The normalized spacial score (nSPS) is 10.8. The van der Waals surface area contributed by atoms with Crippen LogP contribution >= 0.6 is 0 Å². The van der Waals surface area contributed by atoms with E-state index in [0.717, 1.165) is 17.9 Å². The van der Waals surface area contributed by atoms with Gasteiger partial charge in [0.2, 0.25) is 0 Å². The van der Waals surface area contributed by atoms with Gasteiger partial charge in [0.05, 0.1) is 0 Å². The predicted octanol–water partition coefficient (Wildman–Crippen LogP) is 5.45. The number of anilines is 1. The molecule has 0 aliphatic heterocycles. The Balaban J connectivity index is 1.66. The maximum atomic E-state index is 3.55. The Morgan fingerprint density at radius 1 is 0.739 bits per heavy atom. The van der Waals surface area contributed by atoms with Crippen molar-refractivity contribution >= 4 is 16.6 Å². The van der Waals surface area contributed by atoms with Crippen LogP contribution in [0, 0.1) is 0 Å². The maximum absolute atomic E-state index is 3.55. The number of hydrogen-bond acceptors (Lipinski definition) is 1. The molecule has 0 spiro atoms. The molecule has 2 nitrogen and oxygen atoms in total. The molecule has 0 bridgehead atoms. The maximum Gasteiger partial charge on any atom is 0.0485 e. The number of rotatable bonds is 4. The first kappa shape index (κ1) is 13.6. The van der Waals surface area contributed by atoms with Crippen molar-refractivity contribution in [1.29, 1.82) is 0 Å². The van der Waals surface area contributed by atoms with E-state index in [1.54, 1.807) is 0 Å². The number of aromatic amines is 1. The highest BCUT2D eigenvalue weighted by molar-refractivity contribution is 5.88. The molecule has 0 amide bonds. The van der Waals surface area contributed by atoms with Crippen LogP contribution in [0.15, 0.2) is 84.9 Å². The summed E-state index contributed by atoms with van der Waals surface area (Å²) >= 11 is 0. The van der Waals surface area contributed by atoms with E-state index in [1.807, 2.05) is 6.07 Å². The summed E-state index contributed by atoms with van der Waals surface area (Å²) in [5, 5.41) is 4.79. The minimum absolute atomic E-state index is 0.818. The second kappa shape index (κ2) is 6.01. The molecule has 2 heteroatoms. The van der Waals surface area contributed by atoms with Gasteiger partial charge in [0.25, 0.3) is 0 Å². The van der Waals surface area contributed by atoms with Gasteiger partial charge < -0.3 is 10.3 Å². The van der Waals surface area contributed by atoms with Crippen LogP contribution in [-0.2, 0) is 6.54 Å². The summed E-state index contributed by atoms with van der Waals surface area (Å²) in [6, 6.07) is 29.5. The highest BCUT2D eigenvalue weighted by Crippen LogP contribution is 2.30. The van der Waals surface area contributed by atoms with Crippen molar-refractivity contribution in [3.05, 3.63) is 90.5 Å². The lowest BCUT2D eigenvalue weighted by atomic mass is 10.1. The fourth-order valence-electron chi connectivity index (χ4n) is 2.88. The van der Waals surface area contributed by atoms with Crippen molar-refractivity contribution in [2.45, 2.75) is 6.54 Å². The highest BCUT2D eigenvalue weighted by atomic mass is 14.9. The van der Waals surface area contributed by atoms with Crippen LogP contribution in [0.4, 0.5) is 5.69 Å². The van der Waals surface area contributed by atoms with Crippen LogP contribution in [0.25, 0.3) is 22.2 Å². The van der Waals surface area contributed by atoms with Crippen LogP contribution in [0.5, 0.6) is 0 Å². The van der Waals surface area contributed by atoms with Crippen LogP contribution in [0.1, 0.15) is 5.56 Å². The molecule has 0 radical (unpaired) electrons. The third-order valence-corrected chi connectivity index (χ3v) is 4.07. The minimum Gasteiger partial charge on any atom is -0.380 e. The zero-order valence-electron chi connectivity index (χ0n) is 12.8. The smallest absolute Gasteiger partial charge is 0.0485 e. The Morgan fingerprint density at radius 2 is 1.48 bits per heavy atom. The van der Waals surface area contributed by atoms with Crippen molar-refractivity contribution in [1.82, 2.24) is 4.98 Å². The first-order valence-corrected chi connectivity index (χ1v) is 7.85. The van der Waals surface area contributed by atoms with E-state index in [1.165, 1.54) is 22.0 Å². The van der Waals surface area contributed by atoms with Crippen LogP contribution < -0.4 is 5.32 Å². The van der Waals surface area contributed by atoms with Crippen molar-refractivity contribution in [3.63, 3.8) is 0 Å². The van der Waals surface area contributed by atoms with Gasteiger partial charge in [0.15, 0.2) is 0 Å². The van der Waals surface area contributed by atoms with E-state index in [0.29, 0.717) is 0 Å². The summed E-state index contributed by atoms with van der Waals surface area (Å²) in [4.78, 5) is 3.51. The summed E-state index contributed by atoms with van der Waals surface area (Å²) in [7, 11) is 0. The van der Waals surface area contributed by atoms with E-state index >= 15 is 0 Å². The molecule has 0 aliphatic carbocycles.